The van der Waals surface area contributed by atoms with Gasteiger partial charge in [-0.2, -0.15) is 0 Å². The fourth-order valence-corrected chi connectivity index (χ4v) is 2.23. The lowest BCUT2D eigenvalue weighted by molar-refractivity contribution is 0.438. The number of nitrogens with one attached hydrogen (secondary N) is 1. The average molecular weight is 233 g/mol. The van der Waals surface area contributed by atoms with Crippen LogP contribution in [-0.2, 0) is 0 Å². The smallest absolute Gasteiger partial charge is 0.00201 e. The van der Waals surface area contributed by atoms with Crippen LogP contribution in [0.2, 0.25) is 0 Å². The number of benzene rings is 1. The van der Waals surface area contributed by atoms with E-state index in [1.54, 1.807) is 0 Å². The molecule has 1 rings (SSSR count). The fraction of sp³-hybridized carbons (Fsp3) is 0.625. The van der Waals surface area contributed by atoms with E-state index in [1.807, 2.05) is 0 Å². The third kappa shape index (κ3) is 4.91. The number of likely N-dealkylation sites (N-methyl/N-ethyl adjacent to an activating group) is 1. The lowest BCUT2D eigenvalue weighted by Crippen LogP contribution is -2.22. The molecule has 96 valence electrons. The van der Waals surface area contributed by atoms with Gasteiger partial charge in [0, 0.05) is 6.54 Å². The third-order valence-electron chi connectivity index (χ3n) is 3.54. The van der Waals surface area contributed by atoms with Crippen molar-refractivity contribution in [3.8, 4) is 0 Å². The zero-order chi connectivity index (χ0) is 12.7. The van der Waals surface area contributed by atoms with Crippen molar-refractivity contribution in [1.82, 2.24) is 5.32 Å². The number of aryl methyl sites for hydroxylation is 1. The van der Waals surface area contributed by atoms with E-state index in [1.165, 1.54) is 24.0 Å². The van der Waals surface area contributed by atoms with Crippen LogP contribution in [0.4, 0.5) is 0 Å². The van der Waals surface area contributed by atoms with E-state index in [-0.39, 0.29) is 0 Å². The van der Waals surface area contributed by atoms with Crippen molar-refractivity contribution in [2.45, 2.75) is 46.5 Å². The van der Waals surface area contributed by atoms with Crippen LogP contribution in [0.1, 0.15) is 50.7 Å². The Bertz CT molecular complexity index is 319. The first kappa shape index (κ1) is 14.2. The largest absolute Gasteiger partial charge is 0.316 e. The Morgan fingerprint density at radius 3 is 2.59 bits per heavy atom. The van der Waals surface area contributed by atoms with Crippen molar-refractivity contribution in [3.63, 3.8) is 0 Å². The van der Waals surface area contributed by atoms with Crippen molar-refractivity contribution in [1.29, 1.82) is 0 Å². The van der Waals surface area contributed by atoms with E-state index >= 15 is 0 Å². The Balaban J connectivity index is 2.74. The van der Waals surface area contributed by atoms with Gasteiger partial charge in [0.25, 0.3) is 0 Å². The Morgan fingerprint density at radius 1 is 1.24 bits per heavy atom. The van der Waals surface area contributed by atoms with E-state index in [0.29, 0.717) is 5.92 Å². The maximum Gasteiger partial charge on any atom is 0.00201 e. The van der Waals surface area contributed by atoms with Crippen LogP contribution in [0.25, 0.3) is 0 Å². The van der Waals surface area contributed by atoms with E-state index < -0.39 is 0 Å². The van der Waals surface area contributed by atoms with Crippen molar-refractivity contribution in [2.75, 3.05) is 13.1 Å². The van der Waals surface area contributed by atoms with Gasteiger partial charge < -0.3 is 5.32 Å². The summed E-state index contributed by atoms with van der Waals surface area (Å²) in [4.78, 5) is 0. The second kappa shape index (κ2) is 7.50. The topological polar surface area (TPSA) is 12.0 Å². The van der Waals surface area contributed by atoms with E-state index in [0.717, 1.165) is 19.0 Å². The molecule has 0 aromatic heterocycles. The predicted molar refractivity (Wildman–Crippen MR) is 76.5 cm³/mol. The average Bonchev–Trinajstić information content (AvgIpc) is 2.34. The van der Waals surface area contributed by atoms with Crippen molar-refractivity contribution in [3.05, 3.63) is 35.4 Å². The van der Waals surface area contributed by atoms with Crippen molar-refractivity contribution >= 4 is 0 Å². The summed E-state index contributed by atoms with van der Waals surface area (Å²) >= 11 is 0. The van der Waals surface area contributed by atoms with Gasteiger partial charge in [0.1, 0.15) is 0 Å². The monoisotopic (exact) mass is 233 g/mol. The van der Waals surface area contributed by atoms with Gasteiger partial charge in [-0.3, -0.25) is 0 Å². The number of hydrogen-bond donors (Lipinski definition) is 1. The first-order valence-electron chi connectivity index (χ1n) is 6.94. The van der Waals surface area contributed by atoms with Gasteiger partial charge in [0.15, 0.2) is 0 Å². The maximum absolute atomic E-state index is 3.50. The minimum atomic E-state index is 0.657. The summed E-state index contributed by atoms with van der Waals surface area (Å²) in [5.74, 6) is 1.46. The Kier molecular flexibility index (Phi) is 6.28. The zero-order valence-electron chi connectivity index (χ0n) is 11.8. The second-order valence-corrected chi connectivity index (χ2v) is 5.17. The summed E-state index contributed by atoms with van der Waals surface area (Å²) in [5, 5.41) is 3.50. The van der Waals surface area contributed by atoms with E-state index in [4.69, 9.17) is 0 Å². The van der Waals surface area contributed by atoms with Gasteiger partial charge >= 0.3 is 0 Å². The van der Waals surface area contributed by atoms with Gasteiger partial charge in [-0.25, -0.2) is 0 Å². The lowest BCUT2D eigenvalue weighted by Gasteiger charge is -2.21. The molecule has 1 nitrogen and oxygen atoms in total. The quantitative estimate of drug-likeness (QED) is 0.747. The Morgan fingerprint density at radius 2 is 2.00 bits per heavy atom. The maximum atomic E-state index is 3.50. The highest BCUT2D eigenvalue weighted by Gasteiger charge is 2.14. The van der Waals surface area contributed by atoms with E-state index in [2.05, 4.69) is 57.3 Å². The molecule has 0 bridgehead atoms. The standard InChI is InChI=1S/C16H27N/c1-5-13(3)10-16(12-17-6-2)15-9-7-8-14(4)11-15/h7-9,11,13,16-17H,5-6,10,12H2,1-4H3. The minimum absolute atomic E-state index is 0.657. The van der Waals surface area contributed by atoms with Crippen LogP contribution >= 0.6 is 0 Å². The van der Waals surface area contributed by atoms with Gasteiger partial charge in [-0.1, -0.05) is 57.0 Å². The molecule has 1 aromatic rings. The molecule has 0 amide bonds. The molecule has 17 heavy (non-hydrogen) atoms. The lowest BCUT2D eigenvalue weighted by atomic mass is 9.88. The highest BCUT2D eigenvalue weighted by molar-refractivity contribution is 5.25. The minimum Gasteiger partial charge on any atom is -0.316 e. The Labute approximate surface area is 107 Å². The summed E-state index contributed by atoms with van der Waals surface area (Å²) in [6.07, 6.45) is 2.56. The first-order chi connectivity index (χ1) is 8.17. The molecule has 1 aromatic carbocycles. The molecule has 0 aliphatic carbocycles. The molecule has 0 saturated carbocycles. The first-order valence-corrected chi connectivity index (χ1v) is 6.94. The van der Waals surface area contributed by atoms with Gasteiger partial charge in [-0.15, -0.1) is 0 Å². The van der Waals surface area contributed by atoms with Crippen LogP contribution in [0.5, 0.6) is 0 Å². The molecular weight excluding hydrogens is 206 g/mol. The van der Waals surface area contributed by atoms with Crippen LogP contribution in [-0.4, -0.2) is 13.1 Å². The summed E-state index contributed by atoms with van der Waals surface area (Å²) in [6, 6.07) is 8.97. The summed E-state index contributed by atoms with van der Waals surface area (Å²) < 4.78 is 0. The fourth-order valence-electron chi connectivity index (χ4n) is 2.23. The number of rotatable bonds is 7. The molecule has 1 N–H and O–H groups in total. The molecule has 0 radical (unpaired) electrons. The molecule has 0 spiro atoms. The molecule has 0 fully saturated rings. The second-order valence-electron chi connectivity index (χ2n) is 5.17. The summed E-state index contributed by atoms with van der Waals surface area (Å²) in [5.41, 5.74) is 2.86. The highest BCUT2D eigenvalue weighted by Crippen LogP contribution is 2.25. The molecule has 2 unspecified atom stereocenters. The molecule has 0 aliphatic rings. The van der Waals surface area contributed by atoms with Gasteiger partial charge in [0.05, 0.1) is 0 Å². The van der Waals surface area contributed by atoms with Crippen LogP contribution in [0, 0.1) is 12.8 Å². The van der Waals surface area contributed by atoms with Crippen LogP contribution < -0.4 is 5.32 Å². The van der Waals surface area contributed by atoms with Gasteiger partial charge in [0.2, 0.25) is 0 Å². The summed E-state index contributed by atoms with van der Waals surface area (Å²) in [7, 11) is 0. The highest BCUT2D eigenvalue weighted by atomic mass is 14.8. The predicted octanol–water partition coefficient (Wildman–Crippen LogP) is 4.12. The molecular formula is C16H27N. The normalized spacial score (nSPS) is 14.6. The molecule has 0 heterocycles. The molecule has 0 aliphatic heterocycles. The van der Waals surface area contributed by atoms with Gasteiger partial charge in [-0.05, 0) is 37.3 Å². The number of hydrogen-bond acceptors (Lipinski definition) is 1. The summed E-state index contributed by atoms with van der Waals surface area (Å²) in [6.45, 7) is 11.2. The van der Waals surface area contributed by atoms with E-state index in [9.17, 15) is 0 Å². The molecule has 2 atom stereocenters. The zero-order valence-corrected chi connectivity index (χ0v) is 11.8. The third-order valence-corrected chi connectivity index (χ3v) is 3.54. The van der Waals surface area contributed by atoms with Crippen molar-refractivity contribution in [2.24, 2.45) is 5.92 Å². The molecule has 1 heteroatoms. The molecule has 0 saturated heterocycles. The Hall–Kier alpha value is -0.820. The SMILES string of the molecule is CCNCC(CC(C)CC)c1cccc(C)c1. The van der Waals surface area contributed by atoms with Crippen LogP contribution in [0.15, 0.2) is 24.3 Å². The van der Waals surface area contributed by atoms with Crippen molar-refractivity contribution < 1.29 is 0 Å². The van der Waals surface area contributed by atoms with Crippen LogP contribution in [0.3, 0.4) is 0 Å².